The molecular formula is C15H20N4O3. The number of carbonyl (C=O) groups is 2. The summed E-state index contributed by atoms with van der Waals surface area (Å²) in [5, 5.41) is 16.3. The molecule has 1 unspecified atom stereocenters. The molecule has 118 valence electrons. The Balaban J connectivity index is 2.48. The minimum absolute atomic E-state index is 0.167. The summed E-state index contributed by atoms with van der Waals surface area (Å²) in [6.45, 7) is 7.30. The summed E-state index contributed by atoms with van der Waals surface area (Å²) < 4.78 is 1.79. The van der Waals surface area contributed by atoms with Gasteiger partial charge in [0, 0.05) is 5.69 Å². The Morgan fingerprint density at radius 1 is 1.41 bits per heavy atom. The highest BCUT2D eigenvalue weighted by Crippen LogP contribution is 2.22. The van der Waals surface area contributed by atoms with Crippen LogP contribution in [0.1, 0.15) is 49.3 Å². The molecule has 0 saturated carbocycles. The molecule has 0 aliphatic carbocycles. The molecule has 0 spiro atoms. The SMILES string of the molecule is CCC(C)n1ncc2c(C(=O)N[C@@H](C)C(=O)O)cc(C)nc21. The van der Waals surface area contributed by atoms with Gasteiger partial charge in [-0.05, 0) is 33.3 Å². The number of pyridine rings is 1. The van der Waals surface area contributed by atoms with Crippen molar-refractivity contribution in [2.24, 2.45) is 0 Å². The first kappa shape index (κ1) is 15.9. The van der Waals surface area contributed by atoms with E-state index in [0.29, 0.717) is 22.3 Å². The highest BCUT2D eigenvalue weighted by atomic mass is 16.4. The van der Waals surface area contributed by atoms with Gasteiger partial charge < -0.3 is 10.4 Å². The molecule has 2 heterocycles. The third kappa shape index (κ3) is 2.93. The third-order valence-corrected chi connectivity index (χ3v) is 3.67. The van der Waals surface area contributed by atoms with Crippen LogP contribution < -0.4 is 5.32 Å². The van der Waals surface area contributed by atoms with Gasteiger partial charge >= 0.3 is 5.97 Å². The van der Waals surface area contributed by atoms with E-state index in [9.17, 15) is 9.59 Å². The van der Waals surface area contributed by atoms with Crippen molar-refractivity contribution >= 4 is 22.9 Å². The molecule has 2 aromatic rings. The van der Waals surface area contributed by atoms with E-state index in [1.165, 1.54) is 6.92 Å². The van der Waals surface area contributed by atoms with E-state index < -0.39 is 17.9 Å². The molecular weight excluding hydrogens is 284 g/mol. The highest BCUT2D eigenvalue weighted by molar-refractivity contribution is 6.06. The second kappa shape index (κ2) is 6.13. The summed E-state index contributed by atoms with van der Waals surface area (Å²) in [5.74, 6) is -1.51. The first-order valence-electron chi connectivity index (χ1n) is 7.23. The number of nitrogens with zero attached hydrogens (tertiary/aromatic N) is 3. The molecule has 7 nitrogen and oxygen atoms in total. The van der Waals surface area contributed by atoms with Gasteiger partial charge in [0.25, 0.3) is 5.91 Å². The van der Waals surface area contributed by atoms with Crippen LogP contribution in [0.15, 0.2) is 12.3 Å². The van der Waals surface area contributed by atoms with E-state index >= 15 is 0 Å². The summed E-state index contributed by atoms with van der Waals surface area (Å²) >= 11 is 0. The van der Waals surface area contributed by atoms with Crippen molar-refractivity contribution in [1.82, 2.24) is 20.1 Å². The van der Waals surface area contributed by atoms with Gasteiger partial charge in [-0.25, -0.2) is 9.67 Å². The number of hydrogen-bond donors (Lipinski definition) is 2. The fraction of sp³-hybridized carbons (Fsp3) is 0.467. The van der Waals surface area contributed by atoms with Crippen molar-refractivity contribution in [3.8, 4) is 0 Å². The lowest BCUT2D eigenvalue weighted by Gasteiger charge is -2.12. The molecule has 2 rings (SSSR count). The number of aliphatic carboxylic acids is 1. The van der Waals surface area contributed by atoms with Crippen molar-refractivity contribution in [3.05, 3.63) is 23.5 Å². The van der Waals surface area contributed by atoms with Crippen LogP contribution in [0.2, 0.25) is 0 Å². The van der Waals surface area contributed by atoms with E-state index in [1.54, 1.807) is 23.9 Å². The molecule has 0 fully saturated rings. The van der Waals surface area contributed by atoms with Crippen LogP contribution >= 0.6 is 0 Å². The van der Waals surface area contributed by atoms with Gasteiger partial charge in [0.15, 0.2) is 5.65 Å². The monoisotopic (exact) mass is 304 g/mol. The number of nitrogens with one attached hydrogen (secondary N) is 1. The summed E-state index contributed by atoms with van der Waals surface area (Å²) in [4.78, 5) is 27.7. The van der Waals surface area contributed by atoms with Crippen LogP contribution in [0, 0.1) is 6.92 Å². The van der Waals surface area contributed by atoms with Crippen LogP contribution in [-0.2, 0) is 4.79 Å². The van der Waals surface area contributed by atoms with Gasteiger partial charge in [0.05, 0.1) is 23.2 Å². The number of rotatable bonds is 5. The van der Waals surface area contributed by atoms with Gasteiger partial charge in [0.1, 0.15) is 6.04 Å². The fourth-order valence-corrected chi connectivity index (χ4v) is 2.16. The molecule has 0 saturated heterocycles. The molecule has 2 atom stereocenters. The second-order valence-electron chi connectivity index (χ2n) is 5.43. The quantitative estimate of drug-likeness (QED) is 0.879. The lowest BCUT2D eigenvalue weighted by Crippen LogP contribution is -2.38. The summed E-state index contributed by atoms with van der Waals surface area (Å²) in [7, 11) is 0. The molecule has 0 aliphatic rings. The summed E-state index contributed by atoms with van der Waals surface area (Å²) in [5.41, 5.74) is 1.72. The molecule has 7 heteroatoms. The first-order valence-corrected chi connectivity index (χ1v) is 7.23. The van der Waals surface area contributed by atoms with Crippen molar-refractivity contribution in [2.75, 3.05) is 0 Å². The number of fused-ring (bicyclic) bond motifs is 1. The van der Waals surface area contributed by atoms with Crippen molar-refractivity contribution in [3.63, 3.8) is 0 Å². The standard InChI is InChI=1S/C15H20N4O3/c1-5-9(3)19-13-12(7-16-19)11(6-8(2)17-13)14(20)18-10(4)15(21)22/h6-7,9-10H,5H2,1-4H3,(H,18,20)(H,21,22)/t9?,10-/m0/s1. The highest BCUT2D eigenvalue weighted by Gasteiger charge is 2.20. The maximum atomic E-state index is 12.3. The average molecular weight is 304 g/mol. The molecule has 2 N–H and O–H groups in total. The molecule has 1 amide bonds. The van der Waals surface area contributed by atoms with Crippen molar-refractivity contribution in [2.45, 2.75) is 46.2 Å². The Kier molecular flexibility index (Phi) is 4.44. The zero-order chi connectivity index (χ0) is 16.4. The normalized spacial score (nSPS) is 13.8. The second-order valence-corrected chi connectivity index (χ2v) is 5.43. The van der Waals surface area contributed by atoms with Crippen LogP contribution in [0.25, 0.3) is 11.0 Å². The number of hydrogen-bond acceptors (Lipinski definition) is 4. The van der Waals surface area contributed by atoms with Gasteiger partial charge in [-0.3, -0.25) is 9.59 Å². The number of aromatic nitrogens is 3. The molecule has 2 aromatic heterocycles. The fourth-order valence-electron chi connectivity index (χ4n) is 2.16. The Hall–Kier alpha value is -2.44. The Morgan fingerprint density at radius 3 is 2.68 bits per heavy atom. The number of carbonyl (C=O) groups excluding carboxylic acids is 1. The molecule has 0 radical (unpaired) electrons. The Labute approximate surface area is 128 Å². The number of carboxylic acid groups (broad SMARTS) is 1. The first-order chi connectivity index (χ1) is 10.3. The minimum Gasteiger partial charge on any atom is -0.480 e. The minimum atomic E-state index is -1.08. The van der Waals surface area contributed by atoms with E-state index in [-0.39, 0.29) is 6.04 Å². The number of aryl methyl sites for hydroxylation is 1. The van der Waals surface area contributed by atoms with Gasteiger partial charge in [-0.15, -0.1) is 0 Å². The molecule has 22 heavy (non-hydrogen) atoms. The zero-order valence-electron chi connectivity index (χ0n) is 13.1. The summed E-state index contributed by atoms with van der Waals surface area (Å²) in [6, 6.07) is 0.857. The predicted octanol–water partition coefficient (Wildman–Crippen LogP) is 1.91. The Bertz CT molecular complexity index is 723. The topological polar surface area (TPSA) is 97.1 Å². The van der Waals surface area contributed by atoms with Crippen molar-refractivity contribution < 1.29 is 14.7 Å². The largest absolute Gasteiger partial charge is 0.480 e. The molecule has 0 aliphatic heterocycles. The van der Waals surface area contributed by atoms with E-state index in [4.69, 9.17) is 5.11 Å². The van der Waals surface area contributed by atoms with Crippen molar-refractivity contribution in [1.29, 1.82) is 0 Å². The maximum absolute atomic E-state index is 12.3. The molecule has 0 bridgehead atoms. The average Bonchev–Trinajstić information content (AvgIpc) is 2.88. The van der Waals surface area contributed by atoms with Crippen LogP contribution in [0.3, 0.4) is 0 Å². The predicted molar refractivity (Wildman–Crippen MR) is 81.8 cm³/mol. The third-order valence-electron chi connectivity index (χ3n) is 3.67. The van der Waals surface area contributed by atoms with Gasteiger partial charge in [0.2, 0.25) is 0 Å². The van der Waals surface area contributed by atoms with E-state index in [1.807, 2.05) is 6.92 Å². The van der Waals surface area contributed by atoms with E-state index in [0.717, 1.165) is 6.42 Å². The van der Waals surface area contributed by atoms with Crippen LogP contribution in [0.5, 0.6) is 0 Å². The lowest BCUT2D eigenvalue weighted by atomic mass is 10.1. The smallest absolute Gasteiger partial charge is 0.325 e. The number of amides is 1. The Morgan fingerprint density at radius 2 is 2.09 bits per heavy atom. The zero-order valence-corrected chi connectivity index (χ0v) is 13.1. The summed E-state index contributed by atoms with van der Waals surface area (Å²) in [6.07, 6.45) is 2.50. The maximum Gasteiger partial charge on any atom is 0.325 e. The van der Waals surface area contributed by atoms with Crippen LogP contribution in [-0.4, -0.2) is 37.8 Å². The van der Waals surface area contributed by atoms with Gasteiger partial charge in [-0.2, -0.15) is 5.10 Å². The van der Waals surface area contributed by atoms with Crippen LogP contribution in [0.4, 0.5) is 0 Å². The molecule has 0 aromatic carbocycles. The number of carboxylic acids is 1. The lowest BCUT2D eigenvalue weighted by molar-refractivity contribution is -0.138. The van der Waals surface area contributed by atoms with E-state index in [2.05, 4.69) is 22.3 Å². The van der Waals surface area contributed by atoms with Gasteiger partial charge in [-0.1, -0.05) is 6.92 Å².